The summed E-state index contributed by atoms with van der Waals surface area (Å²) in [6.07, 6.45) is 0. The molecular weight excluding hydrogens is 324 g/mol. The minimum atomic E-state index is -0.0198. The zero-order valence-corrected chi connectivity index (χ0v) is 14.7. The van der Waals surface area contributed by atoms with Crippen LogP contribution in [0.15, 0.2) is 48.5 Å². The van der Waals surface area contributed by atoms with Crippen LogP contribution in [0, 0.1) is 0 Å². The molecule has 1 fully saturated rings. The van der Waals surface area contributed by atoms with E-state index >= 15 is 0 Å². The molecule has 0 aliphatic carbocycles. The maximum atomic E-state index is 12.9. The van der Waals surface area contributed by atoms with Crippen LogP contribution in [-0.4, -0.2) is 49.5 Å². The van der Waals surface area contributed by atoms with Gasteiger partial charge < -0.3 is 9.64 Å². The van der Waals surface area contributed by atoms with Gasteiger partial charge in [0.1, 0.15) is 5.75 Å². The minimum Gasteiger partial charge on any atom is -0.496 e. The number of nitrogens with zero attached hydrogens (tertiary/aromatic N) is 2. The molecule has 1 atom stereocenters. The van der Waals surface area contributed by atoms with Gasteiger partial charge in [-0.1, -0.05) is 41.9 Å². The Labute approximate surface area is 147 Å². The van der Waals surface area contributed by atoms with Gasteiger partial charge in [-0.3, -0.25) is 9.69 Å². The maximum Gasteiger partial charge on any atom is 0.255 e. The molecule has 1 unspecified atom stereocenters. The lowest BCUT2D eigenvalue weighted by molar-refractivity contribution is 0.0542. The van der Waals surface area contributed by atoms with Gasteiger partial charge in [0, 0.05) is 25.2 Å². The topological polar surface area (TPSA) is 32.8 Å². The van der Waals surface area contributed by atoms with Crippen LogP contribution in [-0.2, 0) is 0 Å². The summed E-state index contributed by atoms with van der Waals surface area (Å²) >= 11 is 6.19. The van der Waals surface area contributed by atoms with Crippen molar-refractivity contribution in [3.63, 3.8) is 0 Å². The molecule has 5 heteroatoms. The quantitative estimate of drug-likeness (QED) is 0.854. The third kappa shape index (κ3) is 3.25. The summed E-state index contributed by atoms with van der Waals surface area (Å²) < 4.78 is 5.50. The number of rotatable bonds is 3. The van der Waals surface area contributed by atoms with Gasteiger partial charge in [0.2, 0.25) is 0 Å². The monoisotopic (exact) mass is 344 g/mol. The van der Waals surface area contributed by atoms with E-state index in [4.69, 9.17) is 16.3 Å². The summed E-state index contributed by atoms with van der Waals surface area (Å²) in [6, 6.07) is 15.3. The van der Waals surface area contributed by atoms with Gasteiger partial charge in [0.25, 0.3) is 5.91 Å². The maximum absolute atomic E-state index is 12.9. The minimum absolute atomic E-state index is 0.0198. The Bertz CT molecular complexity index is 735. The second-order valence-corrected chi connectivity index (χ2v) is 6.38. The molecule has 1 aliphatic heterocycles. The Morgan fingerprint density at radius 3 is 2.58 bits per heavy atom. The average molecular weight is 345 g/mol. The summed E-state index contributed by atoms with van der Waals surface area (Å²) in [5.74, 6) is 0.829. The highest BCUT2D eigenvalue weighted by molar-refractivity contribution is 6.33. The number of carbonyl (C=O) groups is 1. The van der Waals surface area contributed by atoms with E-state index in [1.54, 1.807) is 19.2 Å². The van der Waals surface area contributed by atoms with E-state index in [0.29, 0.717) is 23.7 Å². The first kappa shape index (κ1) is 16.8. The fourth-order valence-corrected chi connectivity index (χ4v) is 3.36. The molecule has 0 bridgehead atoms. The number of hydrogen-bond acceptors (Lipinski definition) is 3. The number of ether oxygens (including phenoxy) is 1. The molecule has 24 heavy (non-hydrogen) atoms. The predicted molar refractivity (Wildman–Crippen MR) is 95.7 cm³/mol. The van der Waals surface area contributed by atoms with E-state index < -0.39 is 0 Å². The zero-order chi connectivity index (χ0) is 17.1. The SMILES string of the molecule is COc1ccccc1C1CN(C(=O)c2ccccc2Cl)CCN1C. The van der Waals surface area contributed by atoms with Crippen LogP contribution in [0.5, 0.6) is 5.75 Å². The van der Waals surface area contributed by atoms with Crippen molar-refractivity contribution in [2.45, 2.75) is 6.04 Å². The highest BCUT2D eigenvalue weighted by atomic mass is 35.5. The first-order chi connectivity index (χ1) is 11.6. The lowest BCUT2D eigenvalue weighted by Crippen LogP contribution is -2.49. The lowest BCUT2D eigenvalue weighted by atomic mass is 10.0. The molecule has 2 aromatic rings. The first-order valence-corrected chi connectivity index (χ1v) is 8.36. The molecule has 3 rings (SSSR count). The molecule has 126 valence electrons. The Kier molecular flexibility index (Phi) is 5.07. The number of piperazine rings is 1. The number of amides is 1. The van der Waals surface area contributed by atoms with Gasteiger partial charge in [0.15, 0.2) is 0 Å². The number of carbonyl (C=O) groups excluding carboxylic acids is 1. The van der Waals surface area contributed by atoms with Gasteiger partial charge >= 0.3 is 0 Å². The molecule has 2 aromatic carbocycles. The van der Waals surface area contributed by atoms with Crippen molar-refractivity contribution in [3.8, 4) is 5.75 Å². The van der Waals surface area contributed by atoms with Crippen molar-refractivity contribution < 1.29 is 9.53 Å². The molecule has 0 saturated carbocycles. The highest BCUT2D eigenvalue weighted by Crippen LogP contribution is 2.32. The Morgan fingerprint density at radius 1 is 1.12 bits per heavy atom. The van der Waals surface area contributed by atoms with Crippen molar-refractivity contribution in [3.05, 3.63) is 64.7 Å². The van der Waals surface area contributed by atoms with Gasteiger partial charge in [-0.15, -0.1) is 0 Å². The number of benzene rings is 2. The fraction of sp³-hybridized carbons (Fsp3) is 0.316. The smallest absolute Gasteiger partial charge is 0.255 e. The molecular formula is C19H21ClN2O2. The van der Waals surface area contributed by atoms with E-state index in [1.165, 1.54) is 0 Å². The van der Waals surface area contributed by atoms with Crippen molar-refractivity contribution in [1.29, 1.82) is 0 Å². The second-order valence-electron chi connectivity index (χ2n) is 5.97. The largest absolute Gasteiger partial charge is 0.496 e. The highest BCUT2D eigenvalue weighted by Gasteiger charge is 2.31. The van der Waals surface area contributed by atoms with Gasteiger partial charge in [0.05, 0.1) is 23.7 Å². The summed E-state index contributed by atoms with van der Waals surface area (Å²) in [7, 11) is 3.75. The average Bonchev–Trinajstić information content (AvgIpc) is 2.62. The van der Waals surface area contributed by atoms with Gasteiger partial charge in [-0.25, -0.2) is 0 Å². The van der Waals surface area contributed by atoms with Crippen molar-refractivity contribution >= 4 is 17.5 Å². The third-order valence-corrected chi connectivity index (χ3v) is 4.87. The molecule has 0 aromatic heterocycles. The molecule has 1 saturated heterocycles. The standard InChI is InChI=1S/C19H21ClN2O2/c1-21-11-12-22(19(23)14-7-3-5-9-16(14)20)13-17(21)15-8-4-6-10-18(15)24-2/h3-10,17H,11-13H2,1-2H3. The van der Waals surface area contributed by atoms with E-state index in [-0.39, 0.29) is 11.9 Å². The van der Waals surface area contributed by atoms with Crippen molar-refractivity contribution in [1.82, 2.24) is 9.80 Å². The van der Waals surface area contributed by atoms with E-state index in [1.807, 2.05) is 35.2 Å². The number of methoxy groups -OCH3 is 1. The molecule has 1 heterocycles. The fourth-order valence-electron chi connectivity index (χ4n) is 3.14. The lowest BCUT2D eigenvalue weighted by Gasteiger charge is -2.40. The van der Waals surface area contributed by atoms with Gasteiger partial charge in [-0.05, 0) is 25.2 Å². The summed E-state index contributed by atoms with van der Waals surface area (Å²) in [5.41, 5.74) is 1.65. The van der Waals surface area contributed by atoms with Crippen LogP contribution in [0.4, 0.5) is 0 Å². The third-order valence-electron chi connectivity index (χ3n) is 4.54. The summed E-state index contributed by atoms with van der Waals surface area (Å²) in [5, 5.41) is 0.496. The Balaban J connectivity index is 1.86. The van der Waals surface area contributed by atoms with Crippen molar-refractivity contribution in [2.75, 3.05) is 33.8 Å². The van der Waals surface area contributed by atoms with Crippen LogP contribution in [0.25, 0.3) is 0 Å². The summed E-state index contributed by atoms with van der Waals surface area (Å²) in [6.45, 7) is 2.10. The molecule has 0 N–H and O–H groups in total. The number of halogens is 1. The first-order valence-electron chi connectivity index (χ1n) is 7.98. The predicted octanol–water partition coefficient (Wildman–Crippen LogP) is 3.48. The van der Waals surface area contributed by atoms with E-state index in [2.05, 4.69) is 18.0 Å². The Morgan fingerprint density at radius 2 is 1.83 bits per heavy atom. The molecule has 0 spiro atoms. The molecule has 0 radical (unpaired) electrons. The number of para-hydroxylation sites is 1. The second kappa shape index (κ2) is 7.24. The van der Waals surface area contributed by atoms with E-state index in [0.717, 1.165) is 17.9 Å². The number of hydrogen-bond donors (Lipinski definition) is 0. The van der Waals surface area contributed by atoms with Crippen LogP contribution in [0.1, 0.15) is 22.0 Å². The van der Waals surface area contributed by atoms with E-state index in [9.17, 15) is 4.79 Å². The van der Waals surface area contributed by atoms with Crippen molar-refractivity contribution in [2.24, 2.45) is 0 Å². The Hall–Kier alpha value is -2.04. The molecule has 4 nitrogen and oxygen atoms in total. The molecule has 1 aliphatic rings. The van der Waals surface area contributed by atoms with Crippen LogP contribution in [0.3, 0.4) is 0 Å². The normalized spacial score (nSPS) is 18.5. The molecule has 1 amide bonds. The van der Waals surface area contributed by atoms with Crippen LogP contribution >= 0.6 is 11.6 Å². The summed E-state index contributed by atoms with van der Waals surface area (Å²) in [4.78, 5) is 17.0. The zero-order valence-electron chi connectivity index (χ0n) is 13.9. The van der Waals surface area contributed by atoms with Crippen LogP contribution < -0.4 is 4.74 Å². The van der Waals surface area contributed by atoms with Crippen LogP contribution in [0.2, 0.25) is 5.02 Å². The van der Waals surface area contributed by atoms with Gasteiger partial charge in [-0.2, -0.15) is 0 Å². The number of likely N-dealkylation sites (N-methyl/N-ethyl adjacent to an activating group) is 1.